The van der Waals surface area contributed by atoms with Gasteiger partial charge in [-0.2, -0.15) is 0 Å². The Morgan fingerprint density at radius 3 is 2.57 bits per heavy atom. The first-order chi connectivity index (χ1) is 9.85. The van der Waals surface area contributed by atoms with E-state index in [9.17, 15) is 18.0 Å². The average Bonchev–Trinajstić information content (AvgIpc) is 2.91. The van der Waals surface area contributed by atoms with Crippen LogP contribution in [0.4, 0.5) is 13.2 Å². The van der Waals surface area contributed by atoms with Gasteiger partial charge in [-0.05, 0) is 31.0 Å². The molecule has 1 aliphatic heterocycles. The minimum atomic E-state index is -4.70. The van der Waals surface area contributed by atoms with Gasteiger partial charge in [0.2, 0.25) is 5.91 Å². The normalized spacial score (nSPS) is 20.1. The maximum absolute atomic E-state index is 12.1. The molecular weight excluding hydrogens is 287 g/mol. The highest BCUT2D eigenvalue weighted by Crippen LogP contribution is 2.24. The van der Waals surface area contributed by atoms with Gasteiger partial charge in [0.15, 0.2) is 0 Å². The zero-order chi connectivity index (χ0) is 15.5. The number of halogens is 3. The summed E-state index contributed by atoms with van der Waals surface area (Å²) < 4.78 is 45.1. The molecule has 21 heavy (non-hydrogen) atoms. The molecule has 1 aromatic rings. The maximum Gasteiger partial charge on any atom is 0.573 e. The number of ether oxygens (including phenoxy) is 2. The first-order valence-corrected chi connectivity index (χ1v) is 6.59. The molecule has 1 fully saturated rings. The minimum Gasteiger partial charge on any atom is -0.406 e. The number of carbonyl (C=O) groups is 1. The van der Waals surface area contributed by atoms with E-state index in [1.54, 1.807) is 6.92 Å². The monoisotopic (exact) mass is 303 g/mol. The largest absolute Gasteiger partial charge is 0.573 e. The van der Waals surface area contributed by atoms with Gasteiger partial charge in [0.25, 0.3) is 0 Å². The molecule has 1 aliphatic rings. The topological polar surface area (TPSA) is 47.6 Å². The fourth-order valence-corrected chi connectivity index (χ4v) is 2.11. The van der Waals surface area contributed by atoms with Gasteiger partial charge in [-0.25, -0.2) is 0 Å². The van der Waals surface area contributed by atoms with E-state index in [2.05, 4.69) is 10.1 Å². The summed E-state index contributed by atoms with van der Waals surface area (Å²) in [6, 6.07) is 5.15. The molecule has 0 aromatic heterocycles. The van der Waals surface area contributed by atoms with Gasteiger partial charge in [-0.1, -0.05) is 12.1 Å². The number of rotatable bonds is 4. The molecule has 2 atom stereocenters. The first-order valence-electron chi connectivity index (χ1n) is 6.59. The van der Waals surface area contributed by atoms with Crippen molar-refractivity contribution in [1.82, 2.24) is 5.32 Å². The molecule has 1 heterocycles. The molecule has 2 rings (SSSR count). The van der Waals surface area contributed by atoms with Crippen LogP contribution < -0.4 is 10.1 Å². The second-order valence-electron chi connectivity index (χ2n) is 4.91. The Bertz CT molecular complexity index is 481. The Morgan fingerprint density at radius 1 is 1.38 bits per heavy atom. The molecule has 4 nitrogen and oxygen atoms in total. The van der Waals surface area contributed by atoms with Crippen molar-refractivity contribution in [2.75, 3.05) is 13.2 Å². The number of benzene rings is 1. The van der Waals surface area contributed by atoms with Crippen molar-refractivity contribution in [2.24, 2.45) is 5.92 Å². The zero-order valence-electron chi connectivity index (χ0n) is 11.4. The van der Waals surface area contributed by atoms with Gasteiger partial charge in [0.1, 0.15) is 5.75 Å². The molecule has 0 saturated carbocycles. The summed E-state index contributed by atoms with van der Waals surface area (Å²) in [5.74, 6) is -0.537. The summed E-state index contributed by atoms with van der Waals surface area (Å²) in [6.45, 7) is 2.76. The van der Waals surface area contributed by atoms with Gasteiger partial charge in [0.05, 0.1) is 18.6 Å². The van der Waals surface area contributed by atoms with Crippen LogP contribution in [0.15, 0.2) is 24.3 Å². The lowest BCUT2D eigenvalue weighted by Crippen LogP contribution is -2.33. The molecule has 116 valence electrons. The van der Waals surface area contributed by atoms with E-state index < -0.39 is 6.36 Å². The summed E-state index contributed by atoms with van der Waals surface area (Å²) in [5, 5.41) is 2.82. The third kappa shape index (κ3) is 4.63. The van der Waals surface area contributed by atoms with Gasteiger partial charge in [-0.15, -0.1) is 13.2 Å². The lowest BCUT2D eigenvalue weighted by atomic mass is 10.1. The van der Waals surface area contributed by atoms with Crippen LogP contribution >= 0.6 is 0 Å². The molecule has 1 amide bonds. The summed E-state index contributed by atoms with van der Waals surface area (Å²) in [5.41, 5.74) is 0.705. The van der Waals surface area contributed by atoms with Crippen LogP contribution in [0.2, 0.25) is 0 Å². The van der Waals surface area contributed by atoms with Crippen molar-refractivity contribution in [3.05, 3.63) is 29.8 Å². The third-order valence-electron chi connectivity index (χ3n) is 3.27. The number of hydrogen-bond acceptors (Lipinski definition) is 3. The van der Waals surface area contributed by atoms with Gasteiger partial charge in [0, 0.05) is 6.61 Å². The van der Waals surface area contributed by atoms with Crippen molar-refractivity contribution in [2.45, 2.75) is 25.7 Å². The molecular formula is C14H16F3NO3. The van der Waals surface area contributed by atoms with Crippen molar-refractivity contribution in [3.63, 3.8) is 0 Å². The van der Waals surface area contributed by atoms with Crippen LogP contribution in [0.1, 0.15) is 24.9 Å². The zero-order valence-corrected chi connectivity index (χ0v) is 11.4. The molecule has 0 aliphatic carbocycles. The second kappa shape index (κ2) is 6.34. The van der Waals surface area contributed by atoms with E-state index in [1.807, 2.05) is 0 Å². The molecule has 1 aromatic carbocycles. The molecule has 0 unspecified atom stereocenters. The summed E-state index contributed by atoms with van der Waals surface area (Å²) in [6.07, 6.45) is -4.01. The Morgan fingerprint density at radius 2 is 2.05 bits per heavy atom. The van der Waals surface area contributed by atoms with E-state index in [0.717, 1.165) is 0 Å². The Kier molecular flexibility index (Phi) is 4.72. The molecule has 0 bridgehead atoms. The number of nitrogens with one attached hydrogen (secondary N) is 1. The third-order valence-corrected chi connectivity index (χ3v) is 3.27. The average molecular weight is 303 g/mol. The quantitative estimate of drug-likeness (QED) is 0.930. The van der Waals surface area contributed by atoms with E-state index in [-0.39, 0.29) is 23.6 Å². The fourth-order valence-electron chi connectivity index (χ4n) is 2.11. The summed E-state index contributed by atoms with van der Waals surface area (Å²) >= 11 is 0. The highest BCUT2D eigenvalue weighted by atomic mass is 19.4. The minimum absolute atomic E-state index is 0.101. The highest BCUT2D eigenvalue weighted by Gasteiger charge is 2.31. The first kappa shape index (κ1) is 15.6. The summed E-state index contributed by atoms with van der Waals surface area (Å²) in [7, 11) is 0. The Labute approximate surface area is 120 Å². The Hall–Kier alpha value is -1.76. The van der Waals surface area contributed by atoms with Crippen molar-refractivity contribution < 1.29 is 27.4 Å². The number of hydrogen-bond donors (Lipinski definition) is 1. The lowest BCUT2D eigenvalue weighted by Gasteiger charge is -2.17. The molecule has 0 spiro atoms. The van der Waals surface area contributed by atoms with E-state index in [0.29, 0.717) is 25.2 Å². The van der Waals surface area contributed by atoms with Crippen LogP contribution in [0, 0.1) is 5.92 Å². The molecule has 0 radical (unpaired) electrons. The van der Waals surface area contributed by atoms with E-state index in [1.165, 1.54) is 24.3 Å². The van der Waals surface area contributed by atoms with Gasteiger partial charge >= 0.3 is 6.36 Å². The second-order valence-corrected chi connectivity index (χ2v) is 4.91. The van der Waals surface area contributed by atoms with Crippen LogP contribution in [0.25, 0.3) is 0 Å². The van der Waals surface area contributed by atoms with Crippen molar-refractivity contribution in [3.8, 4) is 5.75 Å². The Balaban J connectivity index is 1.93. The predicted octanol–water partition coefficient (Wildman–Crippen LogP) is 2.80. The van der Waals surface area contributed by atoms with Crippen LogP contribution in [0.5, 0.6) is 5.75 Å². The summed E-state index contributed by atoms with van der Waals surface area (Å²) in [4.78, 5) is 11.9. The molecule has 1 N–H and O–H groups in total. The number of alkyl halides is 3. The highest BCUT2D eigenvalue weighted by molar-refractivity contribution is 5.79. The van der Waals surface area contributed by atoms with Gasteiger partial charge < -0.3 is 14.8 Å². The smallest absolute Gasteiger partial charge is 0.406 e. The van der Waals surface area contributed by atoms with Crippen molar-refractivity contribution in [1.29, 1.82) is 0 Å². The molecule has 7 heteroatoms. The van der Waals surface area contributed by atoms with Crippen molar-refractivity contribution >= 4 is 5.91 Å². The van der Waals surface area contributed by atoms with Crippen LogP contribution in [0.3, 0.4) is 0 Å². The van der Waals surface area contributed by atoms with E-state index in [4.69, 9.17) is 4.74 Å². The van der Waals surface area contributed by atoms with Crippen LogP contribution in [-0.4, -0.2) is 25.5 Å². The number of amides is 1. The predicted molar refractivity (Wildman–Crippen MR) is 68.6 cm³/mol. The fraction of sp³-hybridized carbons (Fsp3) is 0.500. The lowest BCUT2D eigenvalue weighted by molar-refractivity contribution is -0.274. The molecule has 1 saturated heterocycles. The van der Waals surface area contributed by atoms with E-state index >= 15 is 0 Å². The standard InChI is InChI=1S/C14H16F3NO3/c1-9(18-13(19)11-6-7-20-8-11)10-2-4-12(5-3-10)21-14(15,16)17/h2-5,9,11H,6-8H2,1H3,(H,18,19)/t9-,11+/m1/s1. The SMILES string of the molecule is C[C@@H](NC(=O)[C@H]1CCOC1)c1ccc(OC(F)(F)F)cc1. The van der Waals surface area contributed by atoms with Crippen LogP contribution in [-0.2, 0) is 9.53 Å². The maximum atomic E-state index is 12.1. The van der Waals surface area contributed by atoms with Gasteiger partial charge in [-0.3, -0.25) is 4.79 Å². The number of carbonyl (C=O) groups excluding carboxylic acids is 1.